The molecule has 2 rings (SSSR count). The van der Waals surface area contributed by atoms with Crippen LogP contribution in [0.1, 0.15) is 13.8 Å². The van der Waals surface area contributed by atoms with Crippen molar-refractivity contribution in [3.63, 3.8) is 0 Å². The van der Waals surface area contributed by atoms with Crippen molar-refractivity contribution in [3.05, 3.63) is 12.4 Å². The molecule has 1 fully saturated rings. The number of anilines is 2. The Hall–Kier alpha value is -1.36. The van der Waals surface area contributed by atoms with Crippen molar-refractivity contribution >= 4 is 11.6 Å². The van der Waals surface area contributed by atoms with E-state index in [1.165, 1.54) is 0 Å². The van der Waals surface area contributed by atoms with Gasteiger partial charge in [-0.15, -0.1) is 0 Å². The van der Waals surface area contributed by atoms with Crippen molar-refractivity contribution in [2.24, 2.45) is 0 Å². The smallest absolute Gasteiger partial charge is 0.136 e. The summed E-state index contributed by atoms with van der Waals surface area (Å²) in [4.78, 5) is 12.6. The molecule has 0 aliphatic carbocycles. The van der Waals surface area contributed by atoms with Crippen LogP contribution in [0.2, 0.25) is 0 Å². The van der Waals surface area contributed by atoms with E-state index in [-0.39, 0.29) is 5.54 Å². The summed E-state index contributed by atoms with van der Waals surface area (Å²) in [5, 5.41) is 0. The van der Waals surface area contributed by atoms with Gasteiger partial charge in [0.1, 0.15) is 24.7 Å². The van der Waals surface area contributed by atoms with Crippen LogP contribution in [0.3, 0.4) is 0 Å². The third-order valence-electron chi connectivity index (χ3n) is 2.78. The van der Waals surface area contributed by atoms with Gasteiger partial charge in [-0.25, -0.2) is 9.97 Å². The second-order valence-electron chi connectivity index (χ2n) is 4.85. The third-order valence-corrected chi connectivity index (χ3v) is 2.78. The first-order valence-corrected chi connectivity index (χ1v) is 5.35. The largest absolute Gasteiger partial charge is 0.363 e. The maximum atomic E-state index is 5.48. The molecule has 1 saturated heterocycles. The molecule has 0 unspecified atom stereocenters. The zero-order valence-electron chi connectivity index (χ0n) is 10.3. The number of hydrogen-bond acceptors (Lipinski definition) is 5. The van der Waals surface area contributed by atoms with E-state index >= 15 is 0 Å². The van der Waals surface area contributed by atoms with Crippen LogP contribution >= 0.6 is 0 Å². The van der Waals surface area contributed by atoms with E-state index in [0.717, 1.165) is 18.2 Å². The summed E-state index contributed by atoms with van der Waals surface area (Å²) in [6.07, 6.45) is 1.60. The number of hydrogen-bond donors (Lipinski definition) is 0. The van der Waals surface area contributed by atoms with Crippen molar-refractivity contribution in [1.29, 1.82) is 0 Å². The lowest BCUT2D eigenvalue weighted by Gasteiger charge is -2.30. The molecule has 88 valence electrons. The first-order valence-electron chi connectivity index (χ1n) is 5.35. The second-order valence-corrected chi connectivity index (χ2v) is 4.85. The van der Waals surface area contributed by atoms with E-state index in [0.29, 0.717) is 6.73 Å². The minimum absolute atomic E-state index is 0.00205. The molecule has 0 spiro atoms. The van der Waals surface area contributed by atoms with Gasteiger partial charge < -0.3 is 14.5 Å². The molecule has 0 saturated carbocycles. The first kappa shape index (κ1) is 11.1. The van der Waals surface area contributed by atoms with Gasteiger partial charge in [-0.1, -0.05) is 0 Å². The average Bonchev–Trinajstić information content (AvgIpc) is 2.58. The Morgan fingerprint density at radius 2 is 2.12 bits per heavy atom. The summed E-state index contributed by atoms with van der Waals surface area (Å²) < 4.78 is 5.48. The normalized spacial score (nSPS) is 18.9. The lowest BCUT2D eigenvalue weighted by atomic mass is 10.1. The highest BCUT2D eigenvalue weighted by Gasteiger charge is 2.34. The van der Waals surface area contributed by atoms with E-state index in [1.807, 2.05) is 25.1 Å². The maximum absolute atomic E-state index is 5.48. The molecule has 1 aromatic rings. The van der Waals surface area contributed by atoms with Crippen LogP contribution in [0, 0.1) is 0 Å². The van der Waals surface area contributed by atoms with Crippen LogP contribution in [0.4, 0.5) is 11.6 Å². The van der Waals surface area contributed by atoms with Crippen LogP contribution in [0.25, 0.3) is 0 Å². The summed E-state index contributed by atoms with van der Waals surface area (Å²) in [5.74, 6) is 1.83. The maximum Gasteiger partial charge on any atom is 0.136 e. The molecule has 5 heteroatoms. The number of ether oxygens (including phenoxy) is 1. The molecule has 5 nitrogen and oxygen atoms in total. The summed E-state index contributed by atoms with van der Waals surface area (Å²) in [7, 11) is 3.94. The molecule has 1 aliphatic rings. The van der Waals surface area contributed by atoms with E-state index in [4.69, 9.17) is 4.74 Å². The van der Waals surface area contributed by atoms with Gasteiger partial charge in [-0.2, -0.15) is 0 Å². The lowest BCUT2D eigenvalue weighted by molar-refractivity contribution is 0.184. The molecule has 0 radical (unpaired) electrons. The third kappa shape index (κ3) is 1.95. The van der Waals surface area contributed by atoms with Crippen molar-refractivity contribution < 1.29 is 4.74 Å². The Labute approximate surface area is 96.1 Å². The van der Waals surface area contributed by atoms with Gasteiger partial charge in [0.05, 0.1) is 12.1 Å². The Morgan fingerprint density at radius 3 is 2.69 bits per heavy atom. The molecule has 16 heavy (non-hydrogen) atoms. The van der Waals surface area contributed by atoms with Gasteiger partial charge in [0, 0.05) is 20.2 Å². The molecule has 0 amide bonds. The van der Waals surface area contributed by atoms with Crippen LogP contribution in [-0.4, -0.2) is 42.9 Å². The average molecular weight is 222 g/mol. The SMILES string of the molecule is CN(C)c1cc(N2COCC2(C)C)ncn1. The monoisotopic (exact) mass is 222 g/mol. The van der Waals surface area contributed by atoms with Crippen molar-refractivity contribution in [3.8, 4) is 0 Å². The van der Waals surface area contributed by atoms with Crippen LogP contribution < -0.4 is 9.80 Å². The Kier molecular flexibility index (Phi) is 2.71. The molecule has 0 bridgehead atoms. The fourth-order valence-corrected chi connectivity index (χ4v) is 1.74. The van der Waals surface area contributed by atoms with Gasteiger partial charge in [-0.05, 0) is 13.8 Å². The summed E-state index contributed by atoms with van der Waals surface area (Å²) >= 11 is 0. The molecule has 0 atom stereocenters. The molecule has 1 aromatic heterocycles. The zero-order valence-corrected chi connectivity index (χ0v) is 10.3. The Bertz CT molecular complexity index is 378. The predicted molar refractivity (Wildman–Crippen MR) is 63.7 cm³/mol. The minimum Gasteiger partial charge on any atom is -0.363 e. The number of aromatic nitrogens is 2. The molecule has 2 heterocycles. The van der Waals surface area contributed by atoms with Gasteiger partial charge in [0.2, 0.25) is 0 Å². The first-order chi connectivity index (χ1) is 7.50. The predicted octanol–water partition coefficient (Wildman–Crippen LogP) is 1.12. The zero-order chi connectivity index (χ0) is 11.8. The lowest BCUT2D eigenvalue weighted by Crippen LogP contribution is -2.40. The fraction of sp³-hybridized carbons (Fsp3) is 0.636. The Balaban J connectivity index is 2.30. The standard InChI is InChI=1S/C11H18N4O/c1-11(2)6-16-8-15(11)10-5-9(14(3)4)12-7-13-10/h5,7H,6,8H2,1-4H3. The van der Waals surface area contributed by atoms with Gasteiger partial charge in [0.25, 0.3) is 0 Å². The van der Waals surface area contributed by atoms with Crippen LogP contribution in [0.15, 0.2) is 12.4 Å². The van der Waals surface area contributed by atoms with E-state index in [9.17, 15) is 0 Å². The van der Waals surface area contributed by atoms with Gasteiger partial charge >= 0.3 is 0 Å². The van der Waals surface area contributed by atoms with Gasteiger partial charge in [-0.3, -0.25) is 0 Å². The highest BCUT2D eigenvalue weighted by atomic mass is 16.5. The van der Waals surface area contributed by atoms with Crippen LogP contribution in [0.5, 0.6) is 0 Å². The van der Waals surface area contributed by atoms with Crippen molar-refractivity contribution in [2.45, 2.75) is 19.4 Å². The Morgan fingerprint density at radius 1 is 1.38 bits per heavy atom. The highest BCUT2D eigenvalue weighted by molar-refractivity contribution is 5.51. The summed E-state index contributed by atoms with van der Waals surface area (Å²) in [5.41, 5.74) is -0.00205. The fourth-order valence-electron chi connectivity index (χ4n) is 1.74. The van der Waals surface area contributed by atoms with Crippen molar-refractivity contribution in [1.82, 2.24) is 9.97 Å². The van der Waals surface area contributed by atoms with Crippen LogP contribution in [-0.2, 0) is 4.74 Å². The summed E-state index contributed by atoms with van der Waals surface area (Å²) in [6.45, 7) is 5.63. The molecular formula is C11H18N4O. The highest BCUT2D eigenvalue weighted by Crippen LogP contribution is 2.28. The molecule has 0 N–H and O–H groups in total. The number of nitrogens with zero attached hydrogens (tertiary/aromatic N) is 4. The van der Waals surface area contributed by atoms with Crippen molar-refractivity contribution in [2.75, 3.05) is 37.2 Å². The minimum atomic E-state index is -0.00205. The van der Waals surface area contributed by atoms with Gasteiger partial charge in [0.15, 0.2) is 0 Å². The number of rotatable bonds is 2. The molecular weight excluding hydrogens is 204 g/mol. The molecule has 0 aromatic carbocycles. The molecule has 1 aliphatic heterocycles. The summed E-state index contributed by atoms with van der Waals surface area (Å²) in [6, 6.07) is 1.98. The van der Waals surface area contributed by atoms with E-state index < -0.39 is 0 Å². The second kappa shape index (κ2) is 3.90. The van der Waals surface area contributed by atoms with E-state index in [2.05, 4.69) is 28.7 Å². The van der Waals surface area contributed by atoms with E-state index in [1.54, 1.807) is 6.33 Å². The quantitative estimate of drug-likeness (QED) is 0.750. The topological polar surface area (TPSA) is 41.5 Å².